The molecule has 2 aromatic rings. The van der Waals surface area contributed by atoms with Crippen LogP contribution in [0.15, 0.2) is 53.1 Å². The maximum atomic E-state index is 10.3. The molecule has 3 unspecified atom stereocenters. The van der Waals surface area contributed by atoms with E-state index in [1.165, 1.54) is 5.56 Å². The first-order valence-electron chi connectivity index (χ1n) is 7.56. The highest BCUT2D eigenvalue weighted by molar-refractivity contribution is 9.10. The van der Waals surface area contributed by atoms with Crippen molar-refractivity contribution in [1.82, 2.24) is 4.98 Å². The Balaban J connectivity index is 1.70. The third-order valence-electron chi connectivity index (χ3n) is 4.47. The maximum absolute atomic E-state index is 10.3. The largest absolute Gasteiger partial charge is 0.393 e. The third kappa shape index (κ3) is 3.72. The number of aromatic nitrogens is 1. The average Bonchev–Trinajstić information content (AvgIpc) is 2.52. The smallest absolute Gasteiger partial charge is 0.0572 e. The van der Waals surface area contributed by atoms with Crippen LogP contribution in [-0.2, 0) is 6.42 Å². The Morgan fingerprint density at radius 1 is 1.10 bits per heavy atom. The molecule has 0 saturated heterocycles. The number of hydrogen-bond donors (Lipinski definition) is 1. The van der Waals surface area contributed by atoms with E-state index in [0.29, 0.717) is 11.8 Å². The zero-order chi connectivity index (χ0) is 14.7. The van der Waals surface area contributed by atoms with E-state index in [9.17, 15) is 5.11 Å². The molecule has 3 rings (SSSR count). The highest BCUT2D eigenvalue weighted by Crippen LogP contribution is 2.37. The lowest BCUT2D eigenvalue weighted by atomic mass is 9.75. The molecule has 1 aliphatic carbocycles. The molecule has 0 amide bonds. The van der Waals surface area contributed by atoms with Crippen molar-refractivity contribution < 1.29 is 5.11 Å². The average molecular weight is 346 g/mol. The van der Waals surface area contributed by atoms with Gasteiger partial charge in [0, 0.05) is 16.4 Å². The summed E-state index contributed by atoms with van der Waals surface area (Å²) >= 11 is 3.41. The van der Waals surface area contributed by atoms with Gasteiger partial charge in [-0.05, 0) is 71.1 Å². The molecule has 1 N–H and O–H groups in total. The topological polar surface area (TPSA) is 33.1 Å². The predicted molar refractivity (Wildman–Crippen MR) is 88.2 cm³/mol. The number of aliphatic hydroxyl groups excluding tert-OH is 1. The molecule has 0 aliphatic heterocycles. The SMILES string of the molecule is OC1CCC(c2ccccc2)CC1Cc1ccc(Br)cn1. The molecule has 110 valence electrons. The number of halogens is 1. The van der Waals surface area contributed by atoms with Crippen molar-refractivity contribution in [2.24, 2.45) is 5.92 Å². The fourth-order valence-electron chi connectivity index (χ4n) is 3.29. The monoisotopic (exact) mass is 345 g/mol. The summed E-state index contributed by atoms with van der Waals surface area (Å²) in [6.45, 7) is 0. The van der Waals surface area contributed by atoms with Crippen LogP contribution >= 0.6 is 15.9 Å². The molecule has 1 heterocycles. The number of rotatable bonds is 3. The van der Waals surface area contributed by atoms with Crippen molar-refractivity contribution in [3.8, 4) is 0 Å². The van der Waals surface area contributed by atoms with Crippen LogP contribution in [0.4, 0.5) is 0 Å². The molecule has 1 aromatic carbocycles. The van der Waals surface area contributed by atoms with E-state index in [0.717, 1.165) is 35.8 Å². The van der Waals surface area contributed by atoms with Crippen molar-refractivity contribution in [2.45, 2.75) is 37.7 Å². The van der Waals surface area contributed by atoms with Crippen molar-refractivity contribution in [2.75, 3.05) is 0 Å². The first-order valence-corrected chi connectivity index (χ1v) is 8.35. The highest BCUT2D eigenvalue weighted by atomic mass is 79.9. The maximum Gasteiger partial charge on any atom is 0.0572 e. The molecule has 2 nitrogen and oxygen atoms in total. The Labute approximate surface area is 134 Å². The summed E-state index contributed by atoms with van der Waals surface area (Å²) < 4.78 is 0.998. The minimum atomic E-state index is -0.199. The van der Waals surface area contributed by atoms with Gasteiger partial charge in [0.05, 0.1) is 6.10 Å². The minimum Gasteiger partial charge on any atom is -0.393 e. The first kappa shape index (κ1) is 14.7. The lowest BCUT2D eigenvalue weighted by Gasteiger charge is -2.33. The second-order valence-corrected chi connectivity index (χ2v) is 6.84. The second kappa shape index (κ2) is 6.71. The Kier molecular flexibility index (Phi) is 4.71. The van der Waals surface area contributed by atoms with Crippen molar-refractivity contribution in [1.29, 1.82) is 0 Å². The molecule has 21 heavy (non-hydrogen) atoms. The Hall–Kier alpha value is -1.19. The van der Waals surface area contributed by atoms with E-state index in [-0.39, 0.29) is 6.10 Å². The van der Waals surface area contributed by atoms with Crippen LogP contribution in [0.1, 0.15) is 36.4 Å². The molecule has 1 fully saturated rings. The van der Waals surface area contributed by atoms with Crippen LogP contribution in [0.25, 0.3) is 0 Å². The molecular weight excluding hydrogens is 326 g/mol. The van der Waals surface area contributed by atoms with Gasteiger partial charge in [-0.2, -0.15) is 0 Å². The lowest BCUT2D eigenvalue weighted by molar-refractivity contribution is 0.0615. The molecule has 3 atom stereocenters. The normalized spacial score (nSPS) is 25.7. The van der Waals surface area contributed by atoms with Gasteiger partial charge >= 0.3 is 0 Å². The first-order chi connectivity index (χ1) is 10.2. The number of benzene rings is 1. The summed E-state index contributed by atoms with van der Waals surface area (Å²) in [7, 11) is 0. The van der Waals surface area contributed by atoms with Crippen LogP contribution in [0.3, 0.4) is 0 Å². The van der Waals surface area contributed by atoms with E-state index < -0.39 is 0 Å². The van der Waals surface area contributed by atoms with Gasteiger partial charge in [0.2, 0.25) is 0 Å². The Morgan fingerprint density at radius 3 is 2.62 bits per heavy atom. The second-order valence-electron chi connectivity index (χ2n) is 5.92. The van der Waals surface area contributed by atoms with Crippen molar-refractivity contribution in [3.63, 3.8) is 0 Å². The fourth-order valence-corrected chi connectivity index (χ4v) is 3.53. The molecule has 0 spiro atoms. The van der Waals surface area contributed by atoms with Crippen molar-refractivity contribution in [3.05, 3.63) is 64.4 Å². The van der Waals surface area contributed by atoms with Gasteiger partial charge in [-0.3, -0.25) is 4.98 Å². The molecule has 0 bridgehead atoms. The minimum absolute atomic E-state index is 0.199. The molecule has 1 aromatic heterocycles. The highest BCUT2D eigenvalue weighted by Gasteiger charge is 2.30. The summed E-state index contributed by atoms with van der Waals surface area (Å²) in [6.07, 6.45) is 5.51. The summed E-state index contributed by atoms with van der Waals surface area (Å²) in [6, 6.07) is 14.7. The molecule has 0 radical (unpaired) electrons. The number of aliphatic hydroxyl groups is 1. The van der Waals surface area contributed by atoms with Gasteiger partial charge in [-0.25, -0.2) is 0 Å². The molecule has 3 heteroatoms. The summed E-state index contributed by atoms with van der Waals surface area (Å²) in [5.41, 5.74) is 2.47. The van der Waals surface area contributed by atoms with Crippen LogP contribution in [0.5, 0.6) is 0 Å². The Bertz CT molecular complexity index is 570. The molecular formula is C18H20BrNO. The summed E-state index contributed by atoms with van der Waals surface area (Å²) in [5, 5.41) is 10.3. The van der Waals surface area contributed by atoms with Gasteiger partial charge in [-0.1, -0.05) is 30.3 Å². The molecule has 1 saturated carbocycles. The Morgan fingerprint density at radius 2 is 1.90 bits per heavy atom. The van der Waals surface area contributed by atoms with E-state index in [4.69, 9.17) is 0 Å². The zero-order valence-corrected chi connectivity index (χ0v) is 13.5. The fraction of sp³-hybridized carbons (Fsp3) is 0.389. The van der Waals surface area contributed by atoms with Gasteiger partial charge < -0.3 is 5.11 Å². The number of hydrogen-bond acceptors (Lipinski definition) is 2. The van der Waals surface area contributed by atoms with E-state index in [2.05, 4.69) is 51.2 Å². The van der Waals surface area contributed by atoms with Crippen molar-refractivity contribution >= 4 is 15.9 Å². The third-order valence-corrected chi connectivity index (χ3v) is 4.94. The van der Waals surface area contributed by atoms with Gasteiger partial charge in [0.1, 0.15) is 0 Å². The molecule has 1 aliphatic rings. The lowest BCUT2D eigenvalue weighted by Crippen LogP contribution is -2.30. The van der Waals surface area contributed by atoms with Gasteiger partial charge in [-0.15, -0.1) is 0 Å². The van der Waals surface area contributed by atoms with E-state index >= 15 is 0 Å². The standard InChI is InChI=1S/C18H20BrNO/c19-16-7-8-17(20-12-16)11-15-10-14(6-9-18(15)21)13-4-2-1-3-5-13/h1-5,7-8,12,14-15,18,21H,6,9-11H2. The summed E-state index contributed by atoms with van der Waals surface area (Å²) in [5.74, 6) is 0.868. The zero-order valence-electron chi connectivity index (χ0n) is 12.0. The van der Waals surface area contributed by atoms with E-state index in [1.54, 1.807) is 0 Å². The van der Waals surface area contributed by atoms with E-state index in [1.807, 2.05) is 18.3 Å². The number of nitrogens with zero attached hydrogens (tertiary/aromatic N) is 1. The van der Waals surface area contributed by atoms with Crippen LogP contribution in [-0.4, -0.2) is 16.2 Å². The summed E-state index contributed by atoms with van der Waals surface area (Å²) in [4.78, 5) is 4.45. The predicted octanol–water partition coefficient (Wildman–Crippen LogP) is 4.33. The quantitative estimate of drug-likeness (QED) is 0.897. The van der Waals surface area contributed by atoms with Crippen LogP contribution < -0.4 is 0 Å². The van der Waals surface area contributed by atoms with Gasteiger partial charge in [0.25, 0.3) is 0 Å². The number of pyridine rings is 1. The van der Waals surface area contributed by atoms with Gasteiger partial charge in [0.15, 0.2) is 0 Å². The van der Waals surface area contributed by atoms with Crippen LogP contribution in [0.2, 0.25) is 0 Å². The van der Waals surface area contributed by atoms with Crippen LogP contribution in [0, 0.1) is 5.92 Å².